The van der Waals surface area contributed by atoms with Gasteiger partial charge in [0.2, 0.25) is 0 Å². The molecule has 2 atom stereocenters. The van der Waals surface area contributed by atoms with Gasteiger partial charge in [-0.3, -0.25) is 0 Å². The van der Waals surface area contributed by atoms with Crippen molar-refractivity contribution < 1.29 is 0 Å². The van der Waals surface area contributed by atoms with Crippen molar-refractivity contribution >= 4 is 34.4 Å². The van der Waals surface area contributed by atoms with Gasteiger partial charge in [0.25, 0.3) is 0 Å². The molecular weight excluding hydrogens is 266 g/mol. The molecule has 0 bridgehead atoms. The molecule has 0 fully saturated rings. The quantitative estimate of drug-likeness (QED) is 0.806. The van der Waals surface area contributed by atoms with Gasteiger partial charge in [-0.25, -0.2) is 0 Å². The predicted octanol–water partition coefficient (Wildman–Crippen LogP) is 4.69. The van der Waals surface area contributed by atoms with E-state index >= 15 is 0 Å². The Morgan fingerprint density at radius 2 is 2.12 bits per heavy atom. The molecule has 4 heteroatoms. The van der Waals surface area contributed by atoms with E-state index in [-0.39, 0.29) is 6.04 Å². The Kier molecular flexibility index (Phi) is 4.68. The summed E-state index contributed by atoms with van der Waals surface area (Å²) in [6.07, 6.45) is 1.01. The van der Waals surface area contributed by atoms with Crippen LogP contribution in [0, 0.1) is 6.92 Å². The Morgan fingerprint density at radius 3 is 2.65 bits per heavy atom. The molecule has 17 heavy (non-hydrogen) atoms. The summed E-state index contributed by atoms with van der Waals surface area (Å²) < 4.78 is 1.35. The van der Waals surface area contributed by atoms with Crippen LogP contribution in [-0.2, 0) is 0 Å². The Morgan fingerprint density at radius 1 is 1.29 bits per heavy atom. The fraction of sp³-hybridized carbons (Fsp3) is 0.385. The molecule has 0 amide bonds. The molecule has 2 aromatic rings. The van der Waals surface area contributed by atoms with Crippen molar-refractivity contribution in [1.29, 1.82) is 0 Å². The molecule has 0 radical (unpaired) electrons. The van der Waals surface area contributed by atoms with E-state index < -0.39 is 0 Å². The number of nitrogens with two attached hydrogens (primary N) is 1. The second kappa shape index (κ2) is 6.05. The summed E-state index contributed by atoms with van der Waals surface area (Å²) in [4.78, 5) is 1.43. The summed E-state index contributed by atoms with van der Waals surface area (Å²) in [5.74, 6) is 0. The lowest BCUT2D eigenvalue weighted by molar-refractivity contribution is 0.638. The zero-order valence-electron chi connectivity index (χ0n) is 10.1. The maximum Gasteiger partial charge on any atom is 0.0605 e. The maximum atomic E-state index is 6.28. The molecule has 0 saturated heterocycles. The highest BCUT2D eigenvalue weighted by Gasteiger charge is 2.22. The molecule has 0 saturated carbocycles. The van der Waals surface area contributed by atoms with Gasteiger partial charge < -0.3 is 5.73 Å². The summed E-state index contributed by atoms with van der Waals surface area (Å²) in [5.41, 5.74) is 7.65. The highest BCUT2D eigenvalue weighted by molar-refractivity contribution is 8.01. The monoisotopic (exact) mass is 283 g/mol. The normalized spacial score (nSPS) is 14.8. The van der Waals surface area contributed by atoms with Crippen molar-refractivity contribution in [2.45, 2.75) is 35.8 Å². The first-order valence-electron chi connectivity index (χ1n) is 5.72. The number of thioether (sulfide) groups is 1. The largest absolute Gasteiger partial charge is 0.326 e. The van der Waals surface area contributed by atoms with Gasteiger partial charge in [0.15, 0.2) is 0 Å². The van der Waals surface area contributed by atoms with Gasteiger partial charge in [-0.15, -0.1) is 34.4 Å². The molecule has 0 aliphatic heterocycles. The van der Waals surface area contributed by atoms with E-state index in [2.05, 4.69) is 42.8 Å². The molecule has 2 aromatic heterocycles. The molecule has 0 aromatic carbocycles. The predicted molar refractivity (Wildman–Crippen MR) is 80.2 cm³/mol. The Bertz CT molecular complexity index is 447. The highest BCUT2D eigenvalue weighted by Crippen LogP contribution is 2.43. The molecule has 1 nitrogen and oxygen atoms in total. The van der Waals surface area contributed by atoms with Crippen LogP contribution >= 0.6 is 34.4 Å². The van der Waals surface area contributed by atoms with Gasteiger partial charge >= 0.3 is 0 Å². The Labute approximate surface area is 115 Å². The van der Waals surface area contributed by atoms with Crippen molar-refractivity contribution in [1.82, 2.24) is 0 Å². The Balaban J connectivity index is 2.23. The first kappa shape index (κ1) is 13.1. The average Bonchev–Trinajstić information content (AvgIpc) is 2.96. The third-order valence-corrected chi connectivity index (χ3v) is 6.46. The van der Waals surface area contributed by atoms with E-state index in [0.717, 1.165) is 6.42 Å². The zero-order chi connectivity index (χ0) is 12.3. The highest BCUT2D eigenvalue weighted by atomic mass is 32.2. The van der Waals surface area contributed by atoms with Gasteiger partial charge in [-0.1, -0.05) is 13.0 Å². The van der Waals surface area contributed by atoms with Crippen molar-refractivity contribution in [3.8, 4) is 0 Å². The van der Waals surface area contributed by atoms with E-state index in [4.69, 9.17) is 5.73 Å². The molecule has 0 aliphatic rings. The van der Waals surface area contributed by atoms with Crippen LogP contribution in [0.15, 0.2) is 33.2 Å². The third kappa shape index (κ3) is 3.13. The molecule has 2 N–H and O–H groups in total. The minimum atomic E-state index is 0.222. The minimum absolute atomic E-state index is 0.222. The van der Waals surface area contributed by atoms with Crippen molar-refractivity contribution in [2.24, 2.45) is 5.73 Å². The fourth-order valence-electron chi connectivity index (χ4n) is 1.68. The molecule has 2 heterocycles. The minimum Gasteiger partial charge on any atom is -0.326 e. The van der Waals surface area contributed by atoms with Gasteiger partial charge in [-0.2, -0.15) is 0 Å². The third-order valence-electron chi connectivity index (χ3n) is 2.76. The lowest BCUT2D eigenvalue weighted by Crippen LogP contribution is -2.25. The van der Waals surface area contributed by atoms with Gasteiger partial charge in [-0.05, 0) is 41.8 Å². The van der Waals surface area contributed by atoms with Crippen LogP contribution in [0.2, 0.25) is 0 Å². The van der Waals surface area contributed by atoms with E-state index in [1.165, 1.54) is 14.6 Å². The summed E-state index contributed by atoms with van der Waals surface area (Å²) in [5, 5.41) is 4.67. The number of aryl methyl sites for hydroxylation is 1. The molecule has 92 valence electrons. The summed E-state index contributed by atoms with van der Waals surface area (Å²) in [6, 6.07) is 6.68. The summed E-state index contributed by atoms with van der Waals surface area (Å²) in [7, 11) is 0. The first-order valence-corrected chi connectivity index (χ1v) is 8.36. The second-order valence-corrected chi connectivity index (χ2v) is 7.35. The van der Waals surface area contributed by atoms with Crippen molar-refractivity contribution in [3.63, 3.8) is 0 Å². The molecule has 2 rings (SSSR count). The lowest BCUT2D eigenvalue weighted by Gasteiger charge is -2.21. The standard InChI is InChI=1S/C13H17NS3/c1-3-10(14)13(12-9(2)6-8-16-12)17-11-5-4-7-15-11/h4-8,10,13H,3,14H2,1-2H3. The van der Waals surface area contributed by atoms with Crippen LogP contribution in [-0.4, -0.2) is 6.04 Å². The maximum absolute atomic E-state index is 6.28. The molecule has 0 spiro atoms. The van der Waals surface area contributed by atoms with Crippen molar-refractivity contribution in [3.05, 3.63) is 39.4 Å². The van der Waals surface area contributed by atoms with Crippen LogP contribution in [0.3, 0.4) is 0 Å². The number of thiophene rings is 2. The van der Waals surface area contributed by atoms with E-state index in [0.29, 0.717) is 5.25 Å². The fourth-order valence-corrected chi connectivity index (χ4v) is 5.19. The van der Waals surface area contributed by atoms with E-state index in [1.54, 1.807) is 11.3 Å². The average molecular weight is 283 g/mol. The van der Waals surface area contributed by atoms with Gasteiger partial charge in [0.05, 0.1) is 9.46 Å². The summed E-state index contributed by atoms with van der Waals surface area (Å²) in [6.45, 7) is 4.34. The topological polar surface area (TPSA) is 26.0 Å². The van der Waals surface area contributed by atoms with Gasteiger partial charge in [0, 0.05) is 10.9 Å². The van der Waals surface area contributed by atoms with E-state index in [9.17, 15) is 0 Å². The second-order valence-electron chi connectivity index (χ2n) is 4.01. The smallest absolute Gasteiger partial charge is 0.0605 e. The van der Waals surface area contributed by atoms with Crippen LogP contribution in [0.5, 0.6) is 0 Å². The number of hydrogen-bond donors (Lipinski definition) is 1. The molecular formula is C13H17NS3. The van der Waals surface area contributed by atoms with Crippen LogP contribution in [0.25, 0.3) is 0 Å². The van der Waals surface area contributed by atoms with Gasteiger partial charge in [0.1, 0.15) is 0 Å². The zero-order valence-corrected chi connectivity index (χ0v) is 12.5. The lowest BCUT2D eigenvalue weighted by atomic mass is 10.1. The van der Waals surface area contributed by atoms with Crippen molar-refractivity contribution in [2.75, 3.05) is 0 Å². The SMILES string of the molecule is CCC(N)C(Sc1cccs1)c1sccc1C. The van der Waals surface area contributed by atoms with Crippen LogP contribution in [0.1, 0.15) is 29.0 Å². The Hall–Kier alpha value is -0.290. The number of hydrogen-bond acceptors (Lipinski definition) is 4. The first-order chi connectivity index (χ1) is 8.22. The molecule has 2 unspecified atom stereocenters. The van der Waals surface area contributed by atoms with Crippen LogP contribution in [0.4, 0.5) is 0 Å². The molecule has 0 aliphatic carbocycles. The number of rotatable bonds is 5. The summed E-state index contributed by atoms with van der Waals surface area (Å²) >= 11 is 5.53. The van der Waals surface area contributed by atoms with Crippen LogP contribution < -0.4 is 5.73 Å². The van der Waals surface area contributed by atoms with E-state index in [1.807, 2.05) is 23.1 Å².